The molecule has 0 radical (unpaired) electrons. The second-order valence-electron chi connectivity index (χ2n) is 4.34. The van der Waals surface area contributed by atoms with Gasteiger partial charge >= 0.3 is 0 Å². The van der Waals surface area contributed by atoms with Crippen LogP contribution in [0.5, 0.6) is 11.5 Å². The molecule has 5 heteroatoms. The zero-order chi connectivity index (χ0) is 15.2. The number of hydrogen-bond donors (Lipinski definition) is 1. The molecule has 0 atom stereocenters. The first-order valence-electron chi connectivity index (χ1n) is 6.42. The Kier molecular flexibility index (Phi) is 5.06. The van der Waals surface area contributed by atoms with Crippen molar-refractivity contribution in [2.75, 3.05) is 14.2 Å². The van der Waals surface area contributed by atoms with Crippen molar-refractivity contribution < 1.29 is 14.3 Å². The molecule has 0 aliphatic heterocycles. The molecular weight excluding hydrogens is 290 g/mol. The fourth-order valence-corrected chi connectivity index (χ4v) is 2.09. The number of benzene rings is 2. The Hall–Kier alpha value is -2.20. The first-order chi connectivity index (χ1) is 10.2. The van der Waals surface area contributed by atoms with Gasteiger partial charge in [0.25, 0.3) is 5.91 Å². The van der Waals surface area contributed by atoms with E-state index in [1.54, 1.807) is 19.2 Å². The molecule has 21 heavy (non-hydrogen) atoms. The Bertz CT molecular complexity index is 629. The minimum absolute atomic E-state index is 0.271. The Balaban J connectivity index is 2.26. The molecule has 1 N–H and O–H groups in total. The van der Waals surface area contributed by atoms with Crippen LogP contribution < -0.4 is 14.8 Å². The van der Waals surface area contributed by atoms with Crippen LogP contribution in [-0.2, 0) is 6.61 Å². The van der Waals surface area contributed by atoms with E-state index in [0.717, 1.165) is 5.56 Å². The van der Waals surface area contributed by atoms with E-state index in [9.17, 15) is 4.79 Å². The molecule has 0 saturated carbocycles. The maximum atomic E-state index is 11.8. The second-order valence-corrected chi connectivity index (χ2v) is 4.74. The van der Waals surface area contributed by atoms with Crippen molar-refractivity contribution in [3.05, 3.63) is 58.6 Å². The summed E-state index contributed by atoms with van der Waals surface area (Å²) in [5.74, 6) is 0.695. The minimum atomic E-state index is -0.271. The first-order valence-corrected chi connectivity index (χ1v) is 6.80. The van der Waals surface area contributed by atoms with Crippen molar-refractivity contribution in [1.29, 1.82) is 0 Å². The largest absolute Gasteiger partial charge is 0.493 e. The molecule has 0 aliphatic carbocycles. The molecule has 0 fully saturated rings. The van der Waals surface area contributed by atoms with Crippen molar-refractivity contribution in [2.24, 2.45) is 0 Å². The molecule has 0 spiro atoms. The Morgan fingerprint density at radius 3 is 2.52 bits per heavy atom. The SMILES string of the molecule is CNC(=O)c1cc(OCc2ccccc2)c(OC)cc1Cl. The van der Waals surface area contributed by atoms with Crippen LogP contribution in [-0.4, -0.2) is 20.1 Å². The molecular formula is C16H16ClNO3. The van der Waals surface area contributed by atoms with Crippen LogP contribution >= 0.6 is 11.6 Å². The lowest BCUT2D eigenvalue weighted by Crippen LogP contribution is -2.18. The summed E-state index contributed by atoms with van der Waals surface area (Å²) in [7, 11) is 3.08. The topological polar surface area (TPSA) is 47.6 Å². The summed E-state index contributed by atoms with van der Waals surface area (Å²) < 4.78 is 11.0. The third-order valence-corrected chi connectivity index (χ3v) is 3.27. The third-order valence-electron chi connectivity index (χ3n) is 2.96. The summed E-state index contributed by atoms with van der Waals surface area (Å²) in [5.41, 5.74) is 1.37. The summed E-state index contributed by atoms with van der Waals surface area (Å²) in [6, 6.07) is 12.9. The summed E-state index contributed by atoms with van der Waals surface area (Å²) >= 11 is 6.07. The molecule has 1 amide bonds. The van der Waals surface area contributed by atoms with E-state index in [1.807, 2.05) is 30.3 Å². The molecule has 2 aromatic rings. The van der Waals surface area contributed by atoms with E-state index < -0.39 is 0 Å². The van der Waals surface area contributed by atoms with E-state index in [0.29, 0.717) is 28.7 Å². The second kappa shape index (κ2) is 6.99. The maximum Gasteiger partial charge on any atom is 0.252 e. The summed E-state index contributed by atoms with van der Waals surface area (Å²) in [6.45, 7) is 0.381. The van der Waals surface area contributed by atoms with Crippen molar-refractivity contribution in [2.45, 2.75) is 6.61 Å². The number of carbonyl (C=O) groups is 1. The minimum Gasteiger partial charge on any atom is -0.493 e. The number of methoxy groups -OCH3 is 1. The molecule has 0 aliphatic rings. The number of halogens is 1. The zero-order valence-corrected chi connectivity index (χ0v) is 12.6. The number of nitrogens with one attached hydrogen (secondary N) is 1. The number of amides is 1. The van der Waals surface area contributed by atoms with Gasteiger partial charge in [-0.3, -0.25) is 4.79 Å². The Labute approximate surface area is 128 Å². The smallest absolute Gasteiger partial charge is 0.252 e. The molecule has 0 saturated heterocycles. The van der Waals surface area contributed by atoms with E-state index in [2.05, 4.69) is 5.32 Å². The molecule has 2 aromatic carbocycles. The van der Waals surface area contributed by atoms with Crippen LogP contribution in [0.4, 0.5) is 0 Å². The lowest BCUT2D eigenvalue weighted by atomic mass is 10.2. The highest BCUT2D eigenvalue weighted by Gasteiger charge is 2.15. The van der Waals surface area contributed by atoms with Crippen molar-refractivity contribution in [1.82, 2.24) is 5.32 Å². The van der Waals surface area contributed by atoms with E-state index in [1.165, 1.54) is 7.11 Å². The fraction of sp³-hybridized carbons (Fsp3) is 0.188. The van der Waals surface area contributed by atoms with Crippen molar-refractivity contribution in [3.8, 4) is 11.5 Å². The Morgan fingerprint density at radius 2 is 1.90 bits per heavy atom. The molecule has 0 unspecified atom stereocenters. The molecule has 4 nitrogen and oxygen atoms in total. The molecule has 0 heterocycles. The summed E-state index contributed by atoms with van der Waals surface area (Å²) in [4.78, 5) is 11.8. The van der Waals surface area contributed by atoms with Crippen LogP contribution in [0.25, 0.3) is 0 Å². The summed E-state index contributed by atoms with van der Waals surface area (Å²) in [6.07, 6.45) is 0. The van der Waals surface area contributed by atoms with Gasteiger partial charge in [-0.25, -0.2) is 0 Å². The van der Waals surface area contributed by atoms with Gasteiger partial charge in [0.05, 0.1) is 17.7 Å². The number of hydrogen-bond acceptors (Lipinski definition) is 3. The third kappa shape index (κ3) is 3.67. The Morgan fingerprint density at radius 1 is 1.19 bits per heavy atom. The summed E-state index contributed by atoms with van der Waals surface area (Å²) in [5, 5.41) is 2.86. The van der Waals surface area contributed by atoms with Crippen LogP contribution in [0.3, 0.4) is 0 Å². The van der Waals surface area contributed by atoms with Crippen LogP contribution in [0.1, 0.15) is 15.9 Å². The molecule has 0 bridgehead atoms. The number of rotatable bonds is 5. The normalized spacial score (nSPS) is 10.0. The number of ether oxygens (including phenoxy) is 2. The standard InChI is InChI=1S/C16H16ClNO3/c1-18-16(19)12-8-15(14(20-2)9-13(12)17)21-10-11-6-4-3-5-7-11/h3-9H,10H2,1-2H3,(H,18,19). The van der Waals surface area contributed by atoms with E-state index >= 15 is 0 Å². The van der Waals surface area contributed by atoms with Gasteiger partial charge in [-0.2, -0.15) is 0 Å². The van der Waals surface area contributed by atoms with Gasteiger partial charge in [0.1, 0.15) is 6.61 Å². The highest BCUT2D eigenvalue weighted by molar-refractivity contribution is 6.34. The van der Waals surface area contributed by atoms with Crippen molar-refractivity contribution >= 4 is 17.5 Å². The van der Waals surface area contributed by atoms with Crippen molar-refractivity contribution in [3.63, 3.8) is 0 Å². The van der Waals surface area contributed by atoms with E-state index in [4.69, 9.17) is 21.1 Å². The van der Waals surface area contributed by atoms with Gasteiger partial charge in [0, 0.05) is 13.1 Å². The molecule has 0 aromatic heterocycles. The van der Waals surface area contributed by atoms with Crippen LogP contribution in [0.15, 0.2) is 42.5 Å². The lowest BCUT2D eigenvalue weighted by molar-refractivity contribution is 0.0962. The average Bonchev–Trinajstić information content (AvgIpc) is 2.53. The maximum absolute atomic E-state index is 11.8. The predicted octanol–water partition coefficient (Wildman–Crippen LogP) is 3.29. The van der Waals surface area contributed by atoms with Gasteiger partial charge in [-0.1, -0.05) is 41.9 Å². The molecule has 2 rings (SSSR count). The van der Waals surface area contributed by atoms with Gasteiger partial charge in [0.15, 0.2) is 11.5 Å². The van der Waals surface area contributed by atoms with Gasteiger partial charge in [-0.15, -0.1) is 0 Å². The highest BCUT2D eigenvalue weighted by Crippen LogP contribution is 2.33. The lowest BCUT2D eigenvalue weighted by Gasteiger charge is -2.13. The van der Waals surface area contributed by atoms with Gasteiger partial charge in [0.2, 0.25) is 0 Å². The highest BCUT2D eigenvalue weighted by atomic mass is 35.5. The molecule has 110 valence electrons. The van der Waals surface area contributed by atoms with Crippen LogP contribution in [0, 0.1) is 0 Å². The number of carbonyl (C=O) groups excluding carboxylic acids is 1. The monoisotopic (exact) mass is 305 g/mol. The van der Waals surface area contributed by atoms with E-state index in [-0.39, 0.29) is 5.91 Å². The predicted molar refractivity (Wildman–Crippen MR) is 82.2 cm³/mol. The quantitative estimate of drug-likeness (QED) is 0.922. The first kappa shape index (κ1) is 15.2. The average molecular weight is 306 g/mol. The van der Waals surface area contributed by atoms with Gasteiger partial charge in [-0.05, 0) is 11.6 Å². The fourth-order valence-electron chi connectivity index (χ4n) is 1.85. The van der Waals surface area contributed by atoms with Gasteiger partial charge < -0.3 is 14.8 Å². The van der Waals surface area contributed by atoms with Crippen LogP contribution in [0.2, 0.25) is 5.02 Å². The zero-order valence-electron chi connectivity index (χ0n) is 11.9.